The van der Waals surface area contributed by atoms with Gasteiger partial charge in [-0.3, -0.25) is 14.5 Å². The van der Waals surface area contributed by atoms with E-state index in [-0.39, 0.29) is 30.6 Å². The Labute approximate surface area is 179 Å². The van der Waals surface area contributed by atoms with Crippen molar-refractivity contribution in [2.75, 3.05) is 26.7 Å². The van der Waals surface area contributed by atoms with Gasteiger partial charge in [0.25, 0.3) is 0 Å². The number of hydrogen-bond acceptors (Lipinski definition) is 4. The fourth-order valence-corrected chi connectivity index (χ4v) is 4.06. The number of ketones is 1. The molecule has 0 radical (unpaired) electrons. The van der Waals surface area contributed by atoms with Crippen molar-refractivity contribution in [2.24, 2.45) is 0 Å². The molecule has 1 unspecified atom stereocenters. The minimum atomic E-state index is -0.0826. The second kappa shape index (κ2) is 10.4. The molecule has 1 heterocycles. The second-order valence-corrected chi connectivity index (χ2v) is 8.08. The molecular weight excluding hydrogens is 376 g/mol. The summed E-state index contributed by atoms with van der Waals surface area (Å²) in [7, 11) is 1.67. The van der Waals surface area contributed by atoms with Crippen LogP contribution in [0.1, 0.15) is 58.8 Å². The van der Waals surface area contributed by atoms with E-state index in [4.69, 9.17) is 4.74 Å². The lowest BCUT2D eigenvalue weighted by Gasteiger charge is -2.28. The number of rotatable bonds is 9. The average Bonchev–Trinajstić information content (AvgIpc) is 3.28. The number of aryl methyl sites for hydroxylation is 2. The van der Waals surface area contributed by atoms with Gasteiger partial charge in [-0.2, -0.15) is 0 Å². The molecule has 1 saturated heterocycles. The number of amides is 1. The van der Waals surface area contributed by atoms with E-state index in [1.807, 2.05) is 50.2 Å². The largest absolute Gasteiger partial charge is 0.497 e. The number of ether oxygens (including phenoxy) is 1. The van der Waals surface area contributed by atoms with Crippen LogP contribution in [0.3, 0.4) is 0 Å². The lowest BCUT2D eigenvalue weighted by Crippen LogP contribution is -2.36. The van der Waals surface area contributed by atoms with Gasteiger partial charge in [-0.15, -0.1) is 0 Å². The monoisotopic (exact) mass is 408 g/mol. The van der Waals surface area contributed by atoms with E-state index in [0.29, 0.717) is 12.1 Å². The Bertz CT molecular complexity index is 888. The Kier molecular flexibility index (Phi) is 7.63. The molecule has 5 nitrogen and oxygen atoms in total. The molecule has 5 heteroatoms. The van der Waals surface area contributed by atoms with E-state index in [1.165, 1.54) is 12.8 Å². The summed E-state index contributed by atoms with van der Waals surface area (Å²) in [6, 6.07) is 14.0. The zero-order valence-electron chi connectivity index (χ0n) is 18.2. The molecule has 1 atom stereocenters. The van der Waals surface area contributed by atoms with Crippen molar-refractivity contribution >= 4 is 11.7 Å². The second-order valence-electron chi connectivity index (χ2n) is 8.08. The van der Waals surface area contributed by atoms with Crippen molar-refractivity contribution in [1.82, 2.24) is 10.2 Å². The van der Waals surface area contributed by atoms with E-state index in [9.17, 15) is 9.59 Å². The highest BCUT2D eigenvalue weighted by atomic mass is 16.5. The predicted molar refractivity (Wildman–Crippen MR) is 119 cm³/mol. The van der Waals surface area contributed by atoms with Crippen molar-refractivity contribution in [1.29, 1.82) is 0 Å². The normalized spacial score (nSPS) is 15.0. The zero-order valence-corrected chi connectivity index (χ0v) is 18.2. The van der Waals surface area contributed by atoms with Crippen LogP contribution in [-0.4, -0.2) is 43.3 Å². The molecule has 0 aliphatic carbocycles. The highest BCUT2D eigenvalue weighted by Crippen LogP contribution is 2.27. The molecule has 3 rings (SSSR count). The SMILES string of the molecule is COc1cccc(C(CNC(=O)CCC(=O)c2cc(C)ccc2C)N2CCCC2)c1. The molecule has 0 aromatic heterocycles. The van der Waals surface area contributed by atoms with Gasteiger partial charge in [-0.25, -0.2) is 0 Å². The summed E-state index contributed by atoms with van der Waals surface area (Å²) in [6.45, 7) is 6.50. The van der Waals surface area contributed by atoms with Gasteiger partial charge in [0.1, 0.15) is 5.75 Å². The Morgan fingerprint density at radius 1 is 1.07 bits per heavy atom. The minimum absolute atomic E-state index is 0.0234. The van der Waals surface area contributed by atoms with Crippen LogP contribution >= 0.6 is 0 Å². The fraction of sp³-hybridized carbons (Fsp3) is 0.440. The third kappa shape index (κ3) is 5.70. The van der Waals surface area contributed by atoms with Crippen LogP contribution in [0.25, 0.3) is 0 Å². The maximum atomic E-state index is 12.6. The Balaban J connectivity index is 1.59. The van der Waals surface area contributed by atoms with E-state index in [0.717, 1.165) is 35.5 Å². The first-order valence-corrected chi connectivity index (χ1v) is 10.7. The van der Waals surface area contributed by atoms with Gasteiger partial charge < -0.3 is 10.1 Å². The maximum Gasteiger partial charge on any atom is 0.220 e. The predicted octanol–water partition coefficient (Wildman–Crippen LogP) is 4.23. The summed E-state index contributed by atoms with van der Waals surface area (Å²) in [6.07, 6.45) is 2.79. The van der Waals surface area contributed by atoms with E-state index < -0.39 is 0 Å². The summed E-state index contributed by atoms with van der Waals surface area (Å²) in [5.41, 5.74) is 3.87. The van der Waals surface area contributed by atoms with Crippen LogP contribution in [-0.2, 0) is 4.79 Å². The molecular formula is C25H32N2O3. The lowest BCUT2D eigenvalue weighted by atomic mass is 9.99. The van der Waals surface area contributed by atoms with Crippen molar-refractivity contribution in [3.63, 3.8) is 0 Å². The van der Waals surface area contributed by atoms with Crippen molar-refractivity contribution in [2.45, 2.75) is 45.6 Å². The molecule has 0 spiro atoms. The Morgan fingerprint density at radius 2 is 1.83 bits per heavy atom. The Hall–Kier alpha value is -2.66. The number of nitrogens with zero attached hydrogens (tertiary/aromatic N) is 1. The molecule has 2 aromatic carbocycles. The standard InChI is InChI=1S/C25H32N2O3/c1-18-9-10-19(2)22(15-18)24(28)11-12-25(29)26-17-23(27-13-4-5-14-27)20-7-6-8-21(16-20)30-3/h6-10,15-16,23H,4-5,11-14,17H2,1-3H3,(H,26,29). The summed E-state index contributed by atoms with van der Waals surface area (Å²) in [5, 5.41) is 3.05. The molecule has 2 aromatic rings. The molecule has 1 aliphatic heterocycles. The first-order chi connectivity index (χ1) is 14.5. The topological polar surface area (TPSA) is 58.6 Å². The lowest BCUT2D eigenvalue weighted by molar-refractivity contribution is -0.121. The van der Waals surface area contributed by atoms with Gasteiger partial charge in [0.05, 0.1) is 13.2 Å². The Morgan fingerprint density at radius 3 is 2.57 bits per heavy atom. The molecule has 1 amide bonds. The fourth-order valence-electron chi connectivity index (χ4n) is 4.06. The number of nitrogens with one attached hydrogen (secondary N) is 1. The zero-order chi connectivity index (χ0) is 21.5. The van der Waals surface area contributed by atoms with Gasteiger partial charge in [-0.1, -0.05) is 29.8 Å². The first-order valence-electron chi connectivity index (χ1n) is 10.7. The van der Waals surface area contributed by atoms with Crippen molar-refractivity contribution in [3.05, 3.63) is 64.7 Å². The summed E-state index contributed by atoms with van der Waals surface area (Å²) in [4.78, 5) is 27.5. The van der Waals surface area contributed by atoms with Crippen molar-refractivity contribution in [3.8, 4) is 5.75 Å². The van der Waals surface area contributed by atoms with Gasteiger partial charge >= 0.3 is 0 Å². The van der Waals surface area contributed by atoms with Crippen molar-refractivity contribution < 1.29 is 14.3 Å². The molecule has 0 saturated carbocycles. The van der Waals surface area contributed by atoms with Gasteiger partial charge in [0.2, 0.25) is 5.91 Å². The highest BCUT2D eigenvalue weighted by Gasteiger charge is 2.24. The maximum absolute atomic E-state index is 12.6. The van der Waals surface area contributed by atoms with Gasteiger partial charge in [-0.05, 0) is 69.1 Å². The highest BCUT2D eigenvalue weighted by molar-refractivity contribution is 5.99. The van der Waals surface area contributed by atoms with Crippen LogP contribution in [0, 0.1) is 13.8 Å². The third-order valence-electron chi connectivity index (χ3n) is 5.83. The third-order valence-corrected chi connectivity index (χ3v) is 5.83. The number of hydrogen-bond donors (Lipinski definition) is 1. The first kappa shape index (κ1) is 22.0. The van der Waals surface area contributed by atoms with Crippen LogP contribution < -0.4 is 10.1 Å². The van der Waals surface area contributed by atoms with Crippen LogP contribution in [0.15, 0.2) is 42.5 Å². The molecule has 1 N–H and O–H groups in total. The molecule has 1 fully saturated rings. The average molecular weight is 409 g/mol. The van der Waals surface area contributed by atoms with Gasteiger partial charge in [0, 0.05) is 24.9 Å². The molecule has 30 heavy (non-hydrogen) atoms. The molecule has 1 aliphatic rings. The van der Waals surface area contributed by atoms with Crippen LogP contribution in [0.5, 0.6) is 5.75 Å². The number of carbonyl (C=O) groups is 2. The molecule has 160 valence electrons. The quantitative estimate of drug-likeness (QED) is 0.631. The van der Waals surface area contributed by atoms with E-state index >= 15 is 0 Å². The number of benzene rings is 2. The summed E-state index contributed by atoms with van der Waals surface area (Å²) >= 11 is 0. The number of carbonyl (C=O) groups excluding carboxylic acids is 2. The van der Waals surface area contributed by atoms with Gasteiger partial charge in [0.15, 0.2) is 5.78 Å². The smallest absolute Gasteiger partial charge is 0.220 e. The summed E-state index contributed by atoms with van der Waals surface area (Å²) in [5.74, 6) is 0.762. The van der Waals surface area contributed by atoms with E-state index in [1.54, 1.807) is 7.11 Å². The van der Waals surface area contributed by atoms with Crippen LogP contribution in [0.4, 0.5) is 0 Å². The van der Waals surface area contributed by atoms with Crippen LogP contribution in [0.2, 0.25) is 0 Å². The number of likely N-dealkylation sites (tertiary alicyclic amines) is 1. The number of Topliss-reactive ketones (excluding diaryl/α,β-unsaturated/α-hetero) is 1. The minimum Gasteiger partial charge on any atom is -0.497 e. The summed E-state index contributed by atoms with van der Waals surface area (Å²) < 4.78 is 5.37. The molecule has 0 bridgehead atoms. The van der Waals surface area contributed by atoms with E-state index in [2.05, 4.69) is 16.3 Å². The number of methoxy groups -OCH3 is 1.